The van der Waals surface area contributed by atoms with Crippen LogP contribution < -0.4 is 5.73 Å². The lowest BCUT2D eigenvalue weighted by molar-refractivity contribution is 0.609. The molecule has 3 nitrogen and oxygen atoms in total. The van der Waals surface area contributed by atoms with Crippen LogP contribution in [0.3, 0.4) is 0 Å². The van der Waals surface area contributed by atoms with Gasteiger partial charge in [-0.25, -0.2) is 0 Å². The molecule has 3 N–H and O–H groups in total. The fourth-order valence-electron chi connectivity index (χ4n) is 1.99. The monoisotopic (exact) mass is 279 g/mol. The van der Waals surface area contributed by atoms with Crippen molar-refractivity contribution >= 4 is 26.8 Å². The molecule has 1 heterocycles. The SMILES string of the molecule is NC1(CCc2ccc3n[nH]c(Br)c3c2)CC1. The Kier molecular flexibility index (Phi) is 2.30. The number of fused-ring (bicyclic) bond motifs is 1. The van der Waals surface area contributed by atoms with Gasteiger partial charge in [-0.1, -0.05) is 6.07 Å². The third-order valence-corrected chi connectivity index (χ3v) is 3.98. The van der Waals surface area contributed by atoms with Crippen molar-refractivity contribution in [3.8, 4) is 0 Å². The highest BCUT2D eigenvalue weighted by atomic mass is 79.9. The molecule has 0 saturated heterocycles. The molecule has 84 valence electrons. The van der Waals surface area contributed by atoms with E-state index in [1.165, 1.54) is 18.4 Å². The van der Waals surface area contributed by atoms with Crippen molar-refractivity contribution in [1.29, 1.82) is 0 Å². The van der Waals surface area contributed by atoms with E-state index in [1.807, 2.05) is 0 Å². The molecule has 0 aliphatic heterocycles. The Morgan fingerprint density at radius 3 is 3.00 bits per heavy atom. The largest absolute Gasteiger partial charge is 0.325 e. The van der Waals surface area contributed by atoms with E-state index in [0.717, 1.165) is 28.3 Å². The van der Waals surface area contributed by atoms with E-state index in [9.17, 15) is 0 Å². The van der Waals surface area contributed by atoms with Crippen LogP contribution in [-0.2, 0) is 6.42 Å². The fourth-order valence-corrected chi connectivity index (χ4v) is 2.39. The average molecular weight is 280 g/mol. The highest BCUT2D eigenvalue weighted by Gasteiger charge is 2.37. The predicted octanol–water partition coefficient (Wildman–Crippen LogP) is 2.75. The standard InChI is InChI=1S/C12H14BrN3/c13-11-9-7-8(1-2-10(9)15-16-11)3-4-12(14)5-6-12/h1-2,7H,3-6,14H2,(H,15,16). The maximum absolute atomic E-state index is 6.09. The summed E-state index contributed by atoms with van der Waals surface area (Å²) in [6.45, 7) is 0. The number of aryl methyl sites for hydroxylation is 1. The first kappa shape index (κ1) is 10.3. The summed E-state index contributed by atoms with van der Waals surface area (Å²) in [5.41, 5.74) is 8.57. The average Bonchev–Trinajstić information content (AvgIpc) is 2.92. The molecule has 16 heavy (non-hydrogen) atoms. The molecule has 1 aromatic heterocycles. The number of rotatable bonds is 3. The molecule has 4 heteroatoms. The molecule has 1 fully saturated rings. The van der Waals surface area contributed by atoms with Gasteiger partial charge in [0.1, 0.15) is 4.60 Å². The van der Waals surface area contributed by atoms with Gasteiger partial charge in [-0.3, -0.25) is 5.10 Å². The van der Waals surface area contributed by atoms with E-state index >= 15 is 0 Å². The zero-order valence-corrected chi connectivity index (χ0v) is 10.5. The molecule has 0 amide bonds. The summed E-state index contributed by atoms with van der Waals surface area (Å²) >= 11 is 3.46. The number of benzene rings is 1. The van der Waals surface area contributed by atoms with Crippen LogP contribution in [0.15, 0.2) is 22.8 Å². The van der Waals surface area contributed by atoms with Crippen LogP contribution in [-0.4, -0.2) is 15.7 Å². The lowest BCUT2D eigenvalue weighted by Crippen LogP contribution is -2.22. The van der Waals surface area contributed by atoms with Crippen molar-refractivity contribution in [2.75, 3.05) is 0 Å². The normalized spacial score (nSPS) is 17.9. The number of nitrogens with zero attached hydrogens (tertiary/aromatic N) is 1. The summed E-state index contributed by atoms with van der Waals surface area (Å²) in [5, 5.41) is 8.27. The number of halogens is 1. The summed E-state index contributed by atoms with van der Waals surface area (Å²) in [6, 6.07) is 6.39. The Bertz CT molecular complexity index is 528. The lowest BCUT2D eigenvalue weighted by Gasteiger charge is -2.07. The highest BCUT2D eigenvalue weighted by Crippen LogP contribution is 2.36. The summed E-state index contributed by atoms with van der Waals surface area (Å²) in [6.07, 6.45) is 4.52. The van der Waals surface area contributed by atoms with Crippen LogP contribution in [0, 0.1) is 0 Å². The topological polar surface area (TPSA) is 54.7 Å². The van der Waals surface area contributed by atoms with Crippen molar-refractivity contribution < 1.29 is 0 Å². The quantitative estimate of drug-likeness (QED) is 0.908. The number of aromatic amines is 1. The van der Waals surface area contributed by atoms with Gasteiger partial charge < -0.3 is 5.73 Å². The molecule has 1 aliphatic carbocycles. The van der Waals surface area contributed by atoms with Crippen LogP contribution in [0.4, 0.5) is 0 Å². The van der Waals surface area contributed by atoms with Gasteiger partial charge in [0.15, 0.2) is 0 Å². The molecule has 1 saturated carbocycles. The number of hydrogen-bond donors (Lipinski definition) is 2. The summed E-state index contributed by atoms with van der Waals surface area (Å²) in [4.78, 5) is 0. The van der Waals surface area contributed by atoms with Crippen LogP contribution in [0.2, 0.25) is 0 Å². The number of nitrogens with two attached hydrogens (primary N) is 1. The first-order valence-electron chi connectivity index (χ1n) is 5.58. The first-order chi connectivity index (χ1) is 7.66. The lowest BCUT2D eigenvalue weighted by atomic mass is 10.0. The van der Waals surface area contributed by atoms with Crippen molar-refractivity contribution in [3.63, 3.8) is 0 Å². The van der Waals surface area contributed by atoms with E-state index < -0.39 is 0 Å². The Hall–Kier alpha value is -0.870. The molecule has 0 atom stereocenters. The van der Waals surface area contributed by atoms with Crippen molar-refractivity contribution in [1.82, 2.24) is 10.2 Å². The number of H-pyrrole nitrogens is 1. The molecule has 0 radical (unpaired) electrons. The molecular formula is C12H14BrN3. The molecule has 2 aromatic rings. The van der Waals surface area contributed by atoms with Gasteiger partial charge in [-0.05, 0) is 59.3 Å². The van der Waals surface area contributed by atoms with Gasteiger partial charge in [0.2, 0.25) is 0 Å². The third-order valence-electron chi connectivity index (χ3n) is 3.38. The van der Waals surface area contributed by atoms with E-state index in [4.69, 9.17) is 5.73 Å². The van der Waals surface area contributed by atoms with E-state index in [1.54, 1.807) is 0 Å². The zero-order valence-electron chi connectivity index (χ0n) is 8.96. The van der Waals surface area contributed by atoms with Crippen LogP contribution in [0.25, 0.3) is 10.9 Å². The molecule has 1 aromatic carbocycles. The summed E-state index contributed by atoms with van der Waals surface area (Å²) in [5.74, 6) is 0. The van der Waals surface area contributed by atoms with E-state index in [-0.39, 0.29) is 5.54 Å². The van der Waals surface area contributed by atoms with Gasteiger partial charge in [0.05, 0.1) is 5.52 Å². The van der Waals surface area contributed by atoms with Gasteiger partial charge in [-0.2, -0.15) is 5.10 Å². The number of aromatic nitrogens is 2. The van der Waals surface area contributed by atoms with Crippen LogP contribution in [0.1, 0.15) is 24.8 Å². The second-order valence-electron chi connectivity index (χ2n) is 4.75. The Morgan fingerprint density at radius 1 is 1.44 bits per heavy atom. The molecular weight excluding hydrogens is 266 g/mol. The summed E-state index contributed by atoms with van der Waals surface area (Å²) < 4.78 is 0.957. The van der Waals surface area contributed by atoms with Gasteiger partial charge >= 0.3 is 0 Å². The van der Waals surface area contributed by atoms with Crippen molar-refractivity contribution in [3.05, 3.63) is 28.4 Å². The van der Waals surface area contributed by atoms with E-state index in [2.05, 4.69) is 44.3 Å². The van der Waals surface area contributed by atoms with Gasteiger partial charge in [0, 0.05) is 10.9 Å². The highest BCUT2D eigenvalue weighted by molar-refractivity contribution is 9.10. The maximum Gasteiger partial charge on any atom is 0.108 e. The van der Waals surface area contributed by atoms with Gasteiger partial charge in [-0.15, -0.1) is 0 Å². The Labute approximate surface area is 103 Å². The van der Waals surface area contributed by atoms with Crippen LogP contribution in [0.5, 0.6) is 0 Å². The number of nitrogens with one attached hydrogen (secondary N) is 1. The molecule has 0 unspecified atom stereocenters. The second kappa shape index (κ2) is 3.57. The number of hydrogen-bond acceptors (Lipinski definition) is 2. The summed E-state index contributed by atoms with van der Waals surface area (Å²) in [7, 11) is 0. The minimum Gasteiger partial charge on any atom is -0.325 e. The molecule has 0 spiro atoms. The minimum atomic E-state index is 0.141. The Morgan fingerprint density at radius 2 is 2.25 bits per heavy atom. The Balaban J connectivity index is 1.83. The second-order valence-corrected chi connectivity index (χ2v) is 5.54. The smallest absolute Gasteiger partial charge is 0.108 e. The first-order valence-corrected chi connectivity index (χ1v) is 6.37. The third kappa shape index (κ3) is 1.87. The zero-order chi connectivity index (χ0) is 11.2. The van der Waals surface area contributed by atoms with E-state index in [0.29, 0.717) is 0 Å². The van der Waals surface area contributed by atoms with Crippen molar-refractivity contribution in [2.24, 2.45) is 5.73 Å². The molecule has 0 bridgehead atoms. The molecule has 3 rings (SSSR count). The van der Waals surface area contributed by atoms with Crippen LogP contribution >= 0.6 is 15.9 Å². The maximum atomic E-state index is 6.09. The fraction of sp³-hybridized carbons (Fsp3) is 0.417. The minimum absolute atomic E-state index is 0.141. The molecule has 1 aliphatic rings. The van der Waals surface area contributed by atoms with Gasteiger partial charge in [0.25, 0.3) is 0 Å². The van der Waals surface area contributed by atoms with Crippen molar-refractivity contribution in [2.45, 2.75) is 31.2 Å². The predicted molar refractivity (Wildman–Crippen MR) is 68.3 cm³/mol.